The quantitative estimate of drug-likeness (QED) is 0.648. The molecule has 0 spiro atoms. The summed E-state index contributed by atoms with van der Waals surface area (Å²) in [7, 11) is 0. The maximum absolute atomic E-state index is 9.57. The monoisotopic (exact) mass is 197 g/mol. The Hall–Kier alpha value is -1.39. The van der Waals surface area contributed by atoms with Gasteiger partial charge in [0.15, 0.2) is 0 Å². The zero-order chi connectivity index (χ0) is 11.0. The van der Waals surface area contributed by atoms with Gasteiger partial charge in [-0.05, 0) is 12.5 Å². The Kier molecular flexibility index (Phi) is 6.36. The molecule has 78 valence electrons. The maximum atomic E-state index is 9.57. The van der Waals surface area contributed by atoms with Crippen LogP contribution < -0.4 is 5.73 Å². The van der Waals surface area contributed by atoms with Crippen LogP contribution in [0.5, 0.6) is 0 Å². The molecular formula is C10H15NO3. The number of nitrogens with two attached hydrogens (primary N) is 1. The molecule has 1 aromatic rings. The van der Waals surface area contributed by atoms with E-state index >= 15 is 0 Å². The van der Waals surface area contributed by atoms with E-state index in [1.807, 2.05) is 30.3 Å². The van der Waals surface area contributed by atoms with Gasteiger partial charge in [0.2, 0.25) is 0 Å². The van der Waals surface area contributed by atoms with E-state index < -0.39 is 12.0 Å². The second-order valence-electron chi connectivity index (χ2n) is 2.77. The Balaban J connectivity index is 0.000000255. The number of aliphatic hydroxyl groups is 1. The highest BCUT2D eigenvalue weighted by molar-refractivity contribution is 5.72. The topological polar surface area (TPSA) is 83.6 Å². The van der Waals surface area contributed by atoms with Gasteiger partial charge in [-0.2, -0.15) is 0 Å². The van der Waals surface area contributed by atoms with Crippen LogP contribution in [0.25, 0.3) is 0 Å². The van der Waals surface area contributed by atoms with Crippen LogP contribution in [-0.4, -0.2) is 22.2 Å². The molecule has 0 bridgehead atoms. The summed E-state index contributed by atoms with van der Waals surface area (Å²) in [5.74, 6) is -0.963. The second-order valence-corrected chi connectivity index (χ2v) is 2.77. The largest absolute Gasteiger partial charge is 0.480 e. The van der Waals surface area contributed by atoms with Crippen LogP contribution in [0.3, 0.4) is 0 Å². The highest BCUT2D eigenvalue weighted by Gasteiger charge is 1.99. The third-order valence-electron chi connectivity index (χ3n) is 1.41. The molecule has 0 amide bonds. The predicted molar refractivity (Wildman–Crippen MR) is 53.7 cm³/mol. The van der Waals surface area contributed by atoms with Gasteiger partial charge < -0.3 is 15.9 Å². The molecule has 0 aliphatic carbocycles. The van der Waals surface area contributed by atoms with Crippen molar-refractivity contribution in [2.24, 2.45) is 5.73 Å². The van der Waals surface area contributed by atoms with Gasteiger partial charge in [-0.3, -0.25) is 4.79 Å². The van der Waals surface area contributed by atoms with Gasteiger partial charge >= 0.3 is 5.97 Å². The molecule has 4 N–H and O–H groups in total. The fourth-order valence-corrected chi connectivity index (χ4v) is 0.583. The van der Waals surface area contributed by atoms with Gasteiger partial charge in [0.1, 0.15) is 6.04 Å². The SMILES string of the molecule is C[C@H](N)C(=O)O.OCc1ccccc1. The predicted octanol–water partition coefficient (Wildman–Crippen LogP) is 0.597. The molecule has 0 saturated heterocycles. The Bertz CT molecular complexity index is 259. The van der Waals surface area contributed by atoms with Gasteiger partial charge in [0.25, 0.3) is 0 Å². The fourth-order valence-electron chi connectivity index (χ4n) is 0.583. The first-order valence-electron chi connectivity index (χ1n) is 4.21. The Morgan fingerprint density at radius 3 is 2.07 bits per heavy atom. The van der Waals surface area contributed by atoms with Gasteiger partial charge in [0.05, 0.1) is 6.61 Å². The molecule has 0 radical (unpaired) electrons. The van der Waals surface area contributed by atoms with Crippen molar-refractivity contribution in [3.05, 3.63) is 35.9 Å². The number of rotatable bonds is 2. The van der Waals surface area contributed by atoms with Crippen LogP contribution in [0.4, 0.5) is 0 Å². The first-order chi connectivity index (χ1) is 6.57. The van der Waals surface area contributed by atoms with Crippen LogP contribution in [0.15, 0.2) is 30.3 Å². The number of carbonyl (C=O) groups is 1. The van der Waals surface area contributed by atoms with Crippen molar-refractivity contribution in [2.75, 3.05) is 0 Å². The van der Waals surface area contributed by atoms with Crippen LogP contribution in [0, 0.1) is 0 Å². The molecule has 0 aromatic heterocycles. The van der Waals surface area contributed by atoms with Crippen molar-refractivity contribution < 1.29 is 15.0 Å². The fraction of sp³-hybridized carbons (Fsp3) is 0.300. The maximum Gasteiger partial charge on any atom is 0.320 e. The molecule has 1 atom stereocenters. The number of carboxylic acids is 1. The molecule has 0 aliphatic rings. The lowest BCUT2D eigenvalue weighted by molar-refractivity contribution is -0.138. The zero-order valence-electron chi connectivity index (χ0n) is 8.05. The van der Waals surface area contributed by atoms with Crippen molar-refractivity contribution in [2.45, 2.75) is 19.6 Å². The van der Waals surface area contributed by atoms with E-state index in [0.717, 1.165) is 5.56 Å². The average Bonchev–Trinajstić information content (AvgIpc) is 2.20. The first-order valence-corrected chi connectivity index (χ1v) is 4.21. The molecule has 0 unspecified atom stereocenters. The molecule has 0 heterocycles. The van der Waals surface area contributed by atoms with E-state index in [0.29, 0.717) is 0 Å². The number of aliphatic carboxylic acids is 1. The molecule has 0 saturated carbocycles. The summed E-state index contributed by atoms with van der Waals surface area (Å²) < 4.78 is 0. The third-order valence-corrected chi connectivity index (χ3v) is 1.41. The van der Waals surface area contributed by atoms with Crippen LogP contribution in [0.1, 0.15) is 12.5 Å². The van der Waals surface area contributed by atoms with Crippen molar-refractivity contribution >= 4 is 5.97 Å². The minimum Gasteiger partial charge on any atom is -0.480 e. The minimum absolute atomic E-state index is 0.140. The Morgan fingerprint density at radius 1 is 1.43 bits per heavy atom. The van der Waals surface area contributed by atoms with Gasteiger partial charge in [-0.25, -0.2) is 0 Å². The molecule has 1 aromatic carbocycles. The van der Waals surface area contributed by atoms with E-state index in [9.17, 15) is 4.79 Å². The molecular weight excluding hydrogens is 182 g/mol. The van der Waals surface area contributed by atoms with E-state index in [4.69, 9.17) is 15.9 Å². The van der Waals surface area contributed by atoms with E-state index in [2.05, 4.69) is 0 Å². The standard InChI is InChI=1S/C7H8O.C3H7NO2/c8-6-7-4-2-1-3-5-7;1-2(4)3(5)6/h1-5,8H,6H2;2H,4H2,1H3,(H,5,6)/t;2-/m.0/s1. The summed E-state index contributed by atoms with van der Waals surface area (Å²) in [4.78, 5) is 9.57. The van der Waals surface area contributed by atoms with Crippen LogP contribution in [-0.2, 0) is 11.4 Å². The van der Waals surface area contributed by atoms with E-state index in [1.165, 1.54) is 6.92 Å². The minimum atomic E-state index is -0.963. The van der Waals surface area contributed by atoms with Crippen molar-refractivity contribution in [3.8, 4) is 0 Å². The summed E-state index contributed by atoms with van der Waals surface area (Å²) in [6.07, 6.45) is 0. The van der Waals surface area contributed by atoms with Crippen LogP contribution in [0.2, 0.25) is 0 Å². The van der Waals surface area contributed by atoms with Gasteiger partial charge in [0, 0.05) is 0 Å². The second kappa shape index (κ2) is 7.06. The van der Waals surface area contributed by atoms with Crippen molar-refractivity contribution in [3.63, 3.8) is 0 Å². The third kappa shape index (κ3) is 6.16. The summed E-state index contributed by atoms with van der Waals surface area (Å²) in [6, 6.07) is 8.79. The highest BCUT2D eigenvalue weighted by atomic mass is 16.4. The van der Waals surface area contributed by atoms with E-state index in [1.54, 1.807) is 0 Å². The van der Waals surface area contributed by atoms with E-state index in [-0.39, 0.29) is 6.61 Å². The molecule has 14 heavy (non-hydrogen) atoms. The normalized spacial score (nSPS) is 11.1. The van der Waals surface area contributed by atoms with Gasteiger partial charge in [-0.1, -0.05) is 30.3 Å². The van der Waals surface area contributed by atoms with Gasteiger partial charge in [-0.15, -0.1) is 0 Å². The molecule has 0 aliphatic heterocycles. The Labute approximate surface area is 83.0 Å². The van der Waals surface area contributed by atoms with Crippen molar-refractivity contribution in [1.29, 1.82) is 0 Å². The van der Waals surface area contributed by atoms with Crippen LogP contribution >= 0.6 is 0 Å². The molecule has 0 fully saturated rings. The summed E-state index contributed by atoms with van der Waals surface area (Å²) in [5, 5.41) is 16.4. The molecule has 1 rings (SSSR count). The number of hydrogen-bond donors (Lipinski definition) is 3. The lowest BCUT2D eigenvalue weighted by Gasteiger charge is -1.90. The number of carboxylic acid groups (broad SMARTS) is 1. The Morgan fingerprint density at radius 2 is 1.86 bits per heavy atom. The number of benzene rings is 1. The summed E-state index contributed by atoms with van der Waals surface area (Å²) >= 11 is 0. The molecule has 4 nitrogen and oxygen atoms in total. The highest BCUT2D eigenvalue weighted by Crippen LogP contribution is 1.95. The summed E-state index contributed by atoms with van der Waals surface area (Å²) in [5.41, 5.74) is 5.80. The number of aliphatic hydroxyl groups excluding tert-OH is 1. The number of hydrogen-bond acceptors (Lipinski definition) is 3. The summed E-state index contributed by atoms with van der Waals surface area (Å²) in [6.45, 7) is 1.56. The molecule has 4 heteroatoms. The first kappa shape index (κ1) is 12.6. The smallest absolute Gasteiger partial charge is 0.320 e. The average molecular weight is 197 g/mol. The lowest BCUT2D eigenvalue weighted by atomic mass is 10.2. The lowest BCUT2D eigenvalue weighted by Crippen LogP contribution is -2.25. The van der Waals surface area contributed by atoms with Crippen molar-refractivity contribution in [1.82, 2.24) is 0 Å². The zero-order valence-corrected chi connectivity index (χ0v) is 8.05.